The van der Waals surface area contributed by atoms with Crippen LogP contribution in [-0.2, 0) is 9.84 Å². The number of carbonyl (C=O) groups is 1. The van der Waals surface area contributed by atoms with E-state index in [0.29, 0.717) is 6.42 Å². The van der Waals surface area contributed by atoms with Gasteiger partial charge in [0.1, 0.15) is 5.82 Å². The molecule has 1 aromatic rings. The van der Waals surface area contributed by atoms with E-state index >= 15 is 0 Å². The van der Waals surface area contributed by atoms with Gasteiger partial charge in [0.25, 0.3) is 5.91 Å². The lowest BCUT2D eigenvalue weighted by atomic mass is 10.1. The minimum atomic E-state index is -3.09. The van der Waals surface area contributed by atoms with Crippen LogP contribution in [-0.4, -0.2) is 43.8 Å². The third-order valence-electron chi connectivity index (χ3n) is 3.24. The highest BCUT2D eigenvalue weighted by molar-refractivity contribution is 7.91. The third-order valence-corrected chi connectivity index (χ3v) is 5.22. The van der Waals surface area contributed by atoms with E-state index < -0.39 is 27.6 Å². The number of hydrogen-bond donors (Lipinski definition) is 0. The highest BCUT2D eigenvalue weighted by Crippen LogP contribution is 2.21. The molecule has 1 atom stereocenters. The molecule has 1 unspecified atom stereocenters. The highest BCUT2D eigenvalue weighted by atomic mass is 35.5. The lowest BCUT2D eigenvalue weighted by molar-refractivity contribution is 0.0743. The van der Waals surface area contributed by atoms with E-state index in [2.05, 4.69) is 0 Å². The first-order valence-corrected chi connectivity index (χ1v) is 7.93. The lowest BCUT2D eigenvalue weighted by Crippen LogP contribution is -2.38. The van der Waals surface area contributed by atoms with Crippen LogP contribution in [0.1, 0.15) is 16.8 Å². The molecular weight excluding hydrogens is 293 g/mol. The zero-order valence-corrected chi connectivity index (χ0v) is 11.8. The number of sulfone groups is 1. The van der Waals surface area contributed by atoms with Crippen molar-refractivity contribution in [2.45, 2.75) is 12.5 Å². The van der Waals surface area contributed by atoms with E-state index in [0.717, 1.165) is 6.07 Å². The zero-order valence-electron chi connectivity index (χ0n) is 10.3. The summed E-state index contributed by atoms with van der Waals surface area (Å²) < 4.78 is 36.4. The Bertz CT molecular complexity index is 617. The van der Waals surface area contributed by atoms with Crippen LogP contribution in [0.2, 0.25) is 5.02 Å². The van der Waals surface area contributed by atoms with Gasteiger partial charge in [-0.3, -0.25) is 4.79 Å². The fourth-order valence-electron chi connectivity index (χ4n) is 2.10. The fourth-order valence-corrected chi connectivity index (χ4v) is 4.04. The molecule has 1 amide bonds. The Kier molecular flexibility index (Phi) is 3.82. The second-order valence-electron chi connectivity index (χ2n) is 4.60. The second kappa shape index (κ2) is 5.09. The maximum absolute atomic E-state index is 13.6. The Morgan fingerprint density at radius 1 is 1.47 bits per heavy atom. The lowest BCUT2D eigenvalue weighted by Gasteiger charge is -2.23. The van der Waals surface area contributed by atoms with Crippen molar-refractivity contribution in [3.8, 4) is 0 Å². The van der Waals surface area contributed by atoms with E-state index in [9.17, 15) is 17.6 Å². The number of rotatable bonds is 2. The molecule has 4 nitrogen and oxygen atoms in total. The normalized spacial score (nSPS) is 21.3. The number of nitrogens with zero attached hydrogens (tertiary/aromatic N) is 1. The van der Waals surface area contributed by atoms with Gasteiger partial charge in [0.05, 0.1) is 17.1 Å². The summed E-state index contributed by atoms with van der Waals surface area (Å²) in [5.74, 6) is -1.23. The van der Waals surface area contributed by atoms with Crippen molar-refractivity contribution in [1.82, 2.24) is 4.90 Å². The SMILES string of the molecule is CN(C(=O)c1cc(Cl)ccc1F)C1CCS(=O)(=O)C1. The van der Waals surface area contributed by atoms with Crippen molar-refractivity contribution in [2.75, 3.05) is 18.6 Å². The van der Waals surface area contributed by atoms with Crippen molar-refractivity contribution in [3.05, 3.63) is 34.6 Å². The standard InChI is InChI=1S/C12H13ClFNO3S/c1-15(9-4-5-19(17,18)7-9)12(16)10-6-8(13)2-3-11(10)14/h2-3,6,9H,4-5,7H2,1H3. The van der Waals surface area contributed by atoms with Crippen molar-refractivity contribution in [1.29, 1.82) is 0 Å². The predicted molar refractivity (Wildman–Crippen MR) is 70.6 cm³/mol. The van der Waals surface area contributed by atoms with E-state index in [1.54, 1.807) is 0 Å². The van der Waals surface area contributed by atoms with Crippen LogP contribution in [0.25, 0.3) is 0 Å². The molecule has 1 fully saturated rings. The molecule has 1 aliphatic heterocycles. The molecule has 19 heavy (non-hydrogen) atoms. The minimum Gasteiger partial charge on any atom is -0.338 e. The quantitative estimate of drug-likeness (QED) is 0.836. The number of amides is 1. The summed E-state index contributed by atoms with van der Waals surface area (Å²) in [6.07, 6.45) is 0.382. The van der Waals surface area contributed by atoms with Crippen molar-refractivity contribution < 1.29 is 17.6 Å². The molecular formula is C12H13ClFNO3S. The molecule has 0 aromatic heterocycles. The Labute approximate surface area is 116 Å². The van der Waals surface area contributed by atoms with Gasteiger partial charge in [-0.15, -0.1) is 0 Å². The van der Waals surface area contributed by atoms with Gasteiger partial charge in [0.15, 0.2) is 9.84 Å². The monoisotopic (exact) mass is 305 g/mol. The highest BCUT2D eigenvalue weighted by Gasteiger charge is 2.33. The molecule has 1 saturated heterocycles. The van der Waals surface area contributed by atoms with Crippen LogP contribution >= 0.6 is 11.6 Å². The summed E-state index contributed by atoms with van der Waals surface area (Å²) in [7, 11) is -1.61. The second-order valence-corrected chi connectivity index (χ2v) is 7.26. The number of hydrogen-bond acceptors (Lipinski definition) is 3. The van der Waals surface area contributed by atoms with Gasteiger partial charge >= 0.3 is 0 Å². The third kappa shape index (κ3) is 3.06. The van der Waals surface area contributed by atoms with E-state index in [1.807, 2.05) is 0 Å². The first kappa shape index (κ1) is 14.3. The molecule has 1 aromatic carbocycles. The molecule has 1 aliphatic rings. The largest absolute Gasteiger partial charge is 0.338 e. The van der Waals surface area contributed by atoms with Crippen LogP contribution in [0, 0.1) is 5.82 Å². The Morgan fingerprint density at radius 2 is 2.16 bits per heavy atom. The van der Waals surface area contributed by atoms with Crippen LogP contribution in [0.3, 0.4) is 0 Å². The summed E-state index contributed by atoms with van der Waals surface area (Å²) >= 11 is 5.74. The molecule has 0 N–H and O–H groups in total. The molecule has 7 heteroatoms. The van der Waals surface area contributed by atoms with E-state index in [-0.39, 0.29) is 22.1 Å². The molecule has 0 spiro atoms. The van der Waals surface area contributed by atoms with Gasteiger partial charge in [-0.1, -0.05) is 11.6 Å². The van der Waals surface area contributed by atoms with Gasteiger partial charge in [0.2, 0.25) is 0 Å². The molecule has 2 rings (SSSR count). The first-order valence-electron chi connectivity index (χ1n) is 5.73. The van der Waals surface area contributed by atoms with Crippen molar-refractivity contribution in [3.63, 3.8) is 0 Å². The zero-order chi connectivity index (χ0) is 14.2. The number of benzene rings is 1. The van der Waals surface area contributed by atoms with Gasteiger partial charge in [0, 0.05) is 18.1 Å². The van der Waals surface area contributed by atoms with Crippen LogP contribution < -0.4 is 0 Å². The summed E-state index contributed by atoms with van der Waals surface area (Å²) in [5.41, 5.74) is -0.140. The Hall–Kier alpha value is -1.14. The van der Waals surface area contributed by atoms with Crippen LogP contribution in [0.15, 0.2) is 18.2 Å². The summed E-state index contributed by atoms with van der Waals surface area (Å²) in [5, 5.41) is 0.261. The fraction of sp³-hybridized carbons (Fsp3) is 0.417. The minimum absolute atomic E-state index is 0.0628. The molecule has 0 saturated carbocycles. The molecule has 1 heterocycles. The van der Waals surface area contributed by atoms with Gasteiger partial charge in [-0.25, -0.2) is 12.8 Å². The smallest absolute Gasteiger partial charge is 0.256 e. The molecule has 0 bridgehead atoms. The first-order chi connectivity index (χ1) is 8.80. The van der Waals surface area contributed by atoms with Crippen LogP contribution in [0.4, 0.5) is 4.39 Å². The van der Waals surface area contributed by atoms with Gasteiger partial charge < -0.3 is 4.90 Å². The topological polar surface area (TPSA) is 54.5 Å². The number of halogens is 2. The van der Waals surface area contributed by atoms with Crippen LogP contribution in [0.5, 0.6) is 0 Å². The molecule has 104 valence electrons. The average molecular weight is 306 g/mol. The van der Waals surface area contributed by atoms with Gasteiger partial charge in [-0.2, -0.15) is 0 Å². The van der Waals surface area contributed by atoms with Crippen molar-refractivity contribution in [2.24, 2.45) is 0 Å². The Balaban J connectivity index is 2.22. The Morgan fingerprint density at radius 3 is 2.74 bits per heavy atom. The average Bonchev–Trinajstić information content (AvgIpc) is 2.71. The van der Waals surface area contributed by atoms with E-state index in [4.69, 9.17) is 11.6 Å². The number of carbonyl (C=O) groups excluding carboxylic acids is 1. The molecule has 0 radical (unpaired) electrons. The predicted octanol–water partition coefficient (Wildman–Crippen LogP) is 1.74. The molecule has 0 aliphatic carbocycles. The van der Waals surface area contributed by atoms with Gasteiger partial charge in [-0.05, 0) is 24.6 Å². The van der Waals surface area contributed by atoms with E-state index in [1.165, 1.54) is 24.1 Å². The summed E-state index contributed by atoms with van der Waals surface area (Å²) in [6.45, 7) is 0. The summed E-state index contributed by atoms with van der Waals surface area (Å²) in [6, 6.07) is 3.32. The summed E-state index contributed by atoms with van der Waals surface area (Å²) in [4.78, 5) is 13.4. The van der Waals surface area contributed by atoms with Crippen molar-refractivity contribution >= 4 is 27.3 Å². The maximum Gasteiger partial charge on any atom is 0.256 e. The maximum atomic E-state index is 13.6.